The Morgan fingerprint density at radius 1 is 1.29 bits per heavy atom. The van der Waals surface area contributed by atoms with E-state index in [9.17, 15) is 9.59 Å². The van der Waals surface area contributed by atoms with Crippen LogP contribution < -0.4 is 5.32 Å². The summed E-state index contributed by atoms with van der Waals surface area (Å²) in [5.41, 5.74) is 1.78. The van der Waals surface area contributed by atoms with Crippen molar-refractivity contribution >= 4 is 29.5 Å². The fourth-order valence-corrected chi connectivity index (χ4v) is 2.84. The SMILES string of the molecule is Cc1cc(NC(=O)C(C)OC(=O)CSCc2c(C)noc2C)no1. The molecule has 1 unspecified atom stereocenters. The third-order valence-corrected chi connectivity index (χ3v) is 4.14. The second-order valence-corrected chi connectivity index (χ2v) is 6.23. The molecular formula is C15H19N3O5S. The predicted octanol–water partition coefficient (Wildman–Crippen LogP) is 2.39. The third-order valence-electron chi connectivity index (χ3n) is 3.20. The Kier molecular flexibility index (Phi) is 6.02. The Morgan fingerprint density at radius 2 is 2.04 bits per heavy atom. The molecule has 130 valence electrons. The lowest BCUT2D eigenvalue weighted by molar-refractivity contribution is -0.150. The Labute approximate surface area is 143 Å². The van der Waals surface area contributed by atoms with Crippen molar-refractivity contribution < 1.29 is 23.4 Å². The Morgan fingerprint density at radius 3 is 2.62 bits per heavy atom. The van der Waals surface area contributed by atoms with Crippen molar-refractivity contribution in [2.75, 3.05) is 11.1 Å². The van der Waals surface area contributed by atoms with Crippen molar-refractivity contribution in [1.82, 2.24) is 10.3 Å². The Balaban J connectivity index is 1.74. The number of anilines is 1. The molecule has 8 nitrogen and oxygen atoms in total. The monoisotopic (exact) mass is 353 g/mol. The molecule has 0 spiro atoms. The molecule has 0 aliphatic rings. The van der Waals surface area contributed by atoms with Crippen LogP contribution in [0.1, 0.15) is 29.7 Å². The van der Waals surface area contributed by atoms with Crippen molar-refractivity contribution in [2.45, 2.75) is 39.6 Å². The van der Waals surface area contributed by atoms with E-state index in [-0.39, 0.29) is 11.6 Å². The van der Waals surface area contributed by atoms with E-state index in [0.29, 0.717) is 11.5 Å². The summed E-state index contributed by atoms with van der Waals surface area (Å²) in [5, 5.41) is 10.0. The van der Waals surface area contributed by atoms with E-state index in [1.165, 1.54) is 18.7 Å². The van der Waals surface area contributed by atoms with E-state index in [1.807, 2.05) is 13.8 Å². The summed E-state index contributed by atoms with van der Waals surface area (Å²) in [6, 6.07) is 1.58. The molecule has 0 radical (unpaired) electrons. The molecule has 1 atom stereocenters. The normalized spacial score (nSPS) is 12.0. The first kappa shape index (κ1) is 18.1. The molecule has 24 heavy (non-hydrogen) atoms. The predicted molar refractivity (Wildman–Crippen MR) is 87.6 cm³/mol. The number of thioether (sulfide) groups is 1. The van der Waals surface area contributed by atoms with Crippen LogP contribution in [0.3, 0.4) is 0 Å². The average molecular weight is 353 g/mol. The van der Waals surface area contributed by atoms with Gasteiger partial charge in [-0.3, -0.25) is 9.59 Å². The Hall–Kier alpha value is -2.29. The van der Waals surface area contributed by atoms with Gasteiger partial charge in [0.25, 0.3) is 5.91 Å². The lowest BCUT2D eigenvalue weighted by Crippen LogP contribution is -2.30. The lowest BCUT2D eigenvalue weighted by Gasteiger charge is -2.12. The number of esters is 1. The molecule has 0 saturated carbocycles. The maximum absolute atomic E-state index is 11.9. The zero-order valence-corrected chi connectivity index (χ0v) is 14.7. The van der Waals surface area contributed by atoms with Crippen LogP contribution in [0.4, 0.5) is 5.82 Å². The average Bonchev–Trinajstić information content (AvgIpc) is 3.06. The molecule has 0 fully saturated rings. The molecule has 2 aromatic rings. The Bertz CT molecular complexity index is 705. The number of aromatic nitrogens is 2. The highest BCUT2D eigenvalue weighted by Crippen LogP contribution is 2.19. The van der Waals surface area contributed by atoms with Crippen LogP contribution >= 0.6 is 11.8 Å². The third kappa shape index (κ3) is 4.85. The topological polar surface area (TPSA) is 107 Å². The summed E-state index contributed by atoms with van der Waals surface area (Å²) >= 11 is 1.37. The number of carbonyl (C=O) groups excluding carboxylic acids is 2. The minimum Gasteiger partial charge on any atom is -0.452 e. The van der Waals surface area contributed by atoms with Crippen LogP contribution in [-0.4, -0.2) is 34.0 Å². The molecule has 1 N–H and O–H groups in total. The molecule has 9 heteroatoms. The molecule has 0 aliphatic carbocycles. The van der Waals surface area contributed by atoms with Gasteiger partial charge in [-0.15, -0.1) is 11.8 Å². The molecule has 2 aromatic heterocycles. The summed E-state index contributed by atoms with van der Waals surface area (Å²) in [5.74, 6) is 1.39. The van der Waals surface area contributed by atoms with Gasteiger partial charge in [-0.2, -0.15) is 0 Å². The van der Waals surface area contributed by atoms with Gasteiger partial charge in [0, 0.05) is 17.4 Å². The zero-order valence-electron chi connectivity index (χ0n) is 13.9. The van der Waals surface area contributed by atoms with Crippen molar-refractivity contribution in [1.29, 1.82) is 0 Å². The molecular weight excluding hydrogens is 334 g/mol. The lowest BCUT2D eigenvalue weighted by atomic mass is 10.2. The molecule has 0 aromatic carbocycles. The second kappa shape index (κ2) is 8.00. The summed E-state index contributed by atoms with van der Waals surface area (Å²) in [6.45, 7) is 6.89. The van der Waals surface area contributed by atoms with E-state index in [4.69, 9.17) is 13.8 Å². The molecule has 0 bridgehead atoms. The van der Waals surface area contributed by atoms with Crippen LogP contribution in [0.2, 0.25) is 0 Å². The first-order chi connectivity index (χ1) is 11.4. The highest BCUT2D eigenvalue weighted by Gasteiger charge is 2.19. The second-order valence-electron chi connectivity index (χ2n) is 5.24. The standard InChI is InChI=1S/C15H19N3O5S/c1-8-5-13(18-22-8)16-15(20)11(4)21-14(19)7-24-6-12-9(2)17-23-10(12)3/h5,11H,6-7H2,1-4H3,(H,16,18,20). The highest BCUT2D eigenvalue weighted by atomic mass is 32.2. The van der Waals surface area contributed by atoms with E-state index < -0.39 is 18.0 Å². The van der Waals surface area contributed by atoms with Crippen LogP contribution in [-0.2, 0) is 20.1 Å². The van der Waals surface area contributed by atoms with Gasteiger partial charge in [0.1, 0.15) is 11.5 Å². The molecule has 2 rings (SSSR count). The number of ether oxygens (including phenoxy) is 1. The van der Waals surface area contributed by atoms with Crippen molar-refractivity contribution in [3.05, 3.63) is 28.8 Å². The van der Waals surface area contributed by atoms with Gasteiger partial charge in [0.05, 0.1) is 11.4 Å². The summed E-state index contributed by atoms with van der Waals surface area (Å²) in [7, 11) is 0. The zero-order chi connectivity index (χ0) is 17.7. The number of hydrogen-bond acceptors (Lipinski definition) is 8. The number of nitrogens with one attached hydrogen (secondary N) is 1. The smallest absolute Gasteiger partial charge is 0.316 e. The van der Waals surface area contributed by atoms with Gasteiger partial charge in [-0.25, -0.2) is 0 Å². The van der Waals surface area contributed by atoms with E-state index >= 15 is 0 Å². The van der Waals surface area contributed by atoms with Crippen molar-refractivity contribution in [2.24, 2.45) is 0 Å². The van der Waals surface area contributed by atoms with E-state index in [0.717, 1.165) is 17.0 Å². The first-order valence-corrected chi connectivity index (χ1v) is 8.45. The van der Waals surface area contributed by atoms with Gasteiger partial charge < -0.3 is 19.1 Å². The molecule has 1 amide bonds. The molecule has 0 aliphatic heterocycles. The van der Waals surface area contributed by atoms with Crippen LogP contribution in [0.15, 0.2) is 15.1 Å². The highest BCUT2D eigenvalue weighted by molar-refractivity contribution is 7.99. The van der Waals surface area contributed by atoms with Crippen LogP contribution in [0, 0.1) is 20.8 Å². The van der Waals surface area contributed by atoms with E-state index in [2.05, 4.69) is 15.6 Å². The fourth-order valence-electron chi connectivity index (χ4n) is 1.88. The summed E-state index contributed by atoms with van der Waals surface area (Å²) < 4.78 is 15.0. The maximum atomic E-state index is 11.9. The number of carbonyl (C=O) groups is 2. The van der Waals surface area contributed by atoms with Crippen LogP contribution in [0.5, 0.6) is 0 Å². The van der Waals surface area contributed by atoms with Crippen molar-refractivity contribution in [3.63, 3.8) is 0 Å². The number of aryl methyl sites for hydroxylation is 3. The fraction of sp³-hybridized carbons (Fsp3) is 0.467. The van der Waals surface area contributed by atoms with Gasteiger partial charge in [0.2, 0.25) is 0 Å². The van der Waals surface area contributed by atoms with Crippen LogP contribution in [0.25, 0.3) is 0 Å². The van der Waals surface area contributed by atoms with Gasteiger partial charge in [0.15, 0.2) is 11.9 Å². The number of nitrogens with zero attached hydrogens (tertiary/aromatic N) is 2. The van der Waals surface area contributed by atoms with E-state index in [1.54, 1.807) is 13.0 Å². The molecule has 0 saturated heterocycles. The first-order valence-electron chi connectivity index (χ1n) is 7.30. The number of rotatable bonds is 7. The van der Waals surface area contributed by atoms with Gasteiger partial charge >= 0.3 is 5.97 Å². The summed E-state index contributed by atoms with van der Waals surface area (Å²) in [4.78, 5) is 23.7. The summed E-state index contributed by atoms with van der Waals surface area (Å²) in [6.07, 6.45) is -0.922. The van der Waals surface area contributed by atoms with Gasteiger partial charge in [-0.1, -0.05) is 10.3 Å². The number of hydrogen-bond donors (Lipinski definition) is 1. The maximum Gasteiger partial charge on any atom is 0.316 e. The number of amides is 1. The molecule has 2 heterocycles. The quantitative estimate of drug-likeness (QED) is 0.756. The minimum atomic E-state index is -0.922. The minimum absolute atomic E-state index is 0.130. The van der Waals surface area contributed by atoms with Gasteiger partial charge in [-0.05, 0) is 27.7 Å². The largest absolute Gasteiger partial charge is 0.452 e. The van der Waals surface area contributed by atoms with Crippen molar-refractivity contribution in [3.8, 4) is 0 Å².